The molecule has 0 saturated carbocycles. The zero-order valence-electron chi connectivity index (χ0n) is 14.1. The van der Waals surface area contributed by atoms with Crippen LogP contribution in [0.3, 0.4) is 0 Å². The van der Waals surface area contributed by atoms with Crippen LogP contribution in [0.5, 0.6) is 0 Å². The van der Waals surface area contributed by atoms with Gasteiger partial charge in [0.1, 0.15) is 0 Å². The van der Waals surface area contributed by atoms with E-state index in [2.05, 4.69) is 32.2 Å². The fraction of sp³-hybridized carbons (Fsp3) is 0.250. The number of hydrogen-bond acceptors (Lipinski definition) is 3. The summed E-state index contributed by atoms with van der Waals surface area (Å²) in [6.45, 7) is 8.49. The highest BCUT2D eigenvalue weighted by atomic mass is 32.2. The van der Waals surface area contributed by atoms with Crippen LogP contribution in [0.4, 0.5) is 5.69 Å². The first-order valence-electron chi connectivity index (χ1n) is 7.68. The van der Waals surface area contributed by atoms with Gasteiger partial charge in [-0.3, -0.25) is 4.79 Å². The molecule has 2 aromatic carbocycles. The maximum Gasteiger partial charge on any atom is 0.187 e. The van der Waals surface area contributed by atoms with Gasteiger partial charge in [-0.2, -0.15) is 0 Å². The SMILES string of the molecule is C/C(=C\C(=O)c1ccccc1)Nc1ccccc1SC(C)(C)C. The molecule has 2 aromatic rings. The number of anilines is 1. The predicted molar refractivity (Wildman–Crippen MR) is 100 cm³/mol. The first kappa shape index (κ1) is 17.4. The van der Waals surface area contributed by atoms with Gasteiger partial charge in [-0.1, -0.05) is 63.2 Å². The average Bonchev–Trinajstić information content (AvgIpc) is 2.48. The number of hydrogen-bond donors (Lipinski definition) is 1. The summed E-state index contributed by atoms with van der Waals surface area (Å²) in [6.07, 6.45) is 1.65. The van der Waals surface area contributed by atoms with Gasteiger partial charge in [-0.15, -0.1) is 11.8 Å². The van der Waals surface area contributed by atoms with Crippen molar-refractivity contribution in [2.45, 2.75) is 37.3 Å². The molecular weight excluding hydrogens is 302 g/mol. The number of benzene rings is 2. The lowest BCUT2D eigenvalue weighted by Crippen LogP contribution is -2.08. The van der Waals surface area contributed by atoms with E-state index in [1.54, 1.807) is 6.08 Å². The summed E-state index contributed by atoms with van der Waals surface area (Å²) in [5.41, 5.74) is 2.56. The maximum atomic E-state index is 12.2. The van der Waals surface area contributed by atoms with E-state index in [0.717, 1.165) is 11.4 Å². The summed E-state index contributed by atoms with van der Waals surface area (Å²) in [6, 6.07) is 17.5. The van der Waals surface area contributed by atoms with Crippen LogP contribution in [-0.4, -0.2) is 10.5 Å². The molecule has 2 rings (SSSR count). The quantitative estimate of drug-likeness (QED) is 0.429. The predicted octanol–water partition coefficient (Wildman–Crippen LogP) is 5.78. The Morgan fingerprint density at radius 3 is 2.26 bits per heavy atom. The molecule has 0 atom stereocenters. The summed E-state index contributed by atoms with van der Waals surface area (Å²) >= 11 is 1.81. The standard InChI is InChI=1S/C20H23NOS/c1-15(14-18(22)16-10-6-5-7-11-16)21-17-12-8-9-13-19(17)23-20(2,3)4/h5-14,21H,1-4H3/b15-14+. The highest BCUT2D eigenvalue weighted by molar-refractivity contribution is 8.00. The summed E-state index contributed by atoms with van der Waals surface area (Å²) in [4.78, 5) is 13.4. The van der Waals surface area contributed by atoms with Crippen molar-refractivity contribution in [3.05, 3.63) is 71.9 Å². The fourth-order valence-corrected chi connectivity index (χ4v) is 3.16. The Balaban J connectivity index is 2.16. The first-order chi connectivity index (χ1) is 10.8. The van der Waals surface area contributed by atoms with Crippen LogP contribution in [0.1, 0.15) is 38.1 Å². The Morgan fingerprint density at radius 2 is 1.61 bits per heavy atom. The van der Waals surface area contributed by atoms with E-state index in [1.165, 1.54) is 4.90 Å². The third-order valence-electron chi connectivity index (χ3n) is 3.04. The molecule has 0 aliphatic carbocycles. The number of para-hydroxylation sites is 1. The largest absolute Gasteiger partial charge is 0.358 e. The Hall–Kier alpha value is -2.00. The maximum absolute atomic E-state index is 12.2. The molecule has 0 aliphatic rings. The zero-order chi connectivity index (χ0) is 16.9. The second-order valence-electron chi connectivity index (χ2n) is 6.39. The smallest absolute Gasteiger partial charge is 0.187 e. The van der Waals surface area contributed by atoms with Crippen molar-refractivity contribution in [3.63, 3.8) is 0 Å². The summed E-state index contributed by atoms with van der Waals surface area (Å²) in [5, 5.41) is 3.35. The Bertz CT molecular complexity index is 699. The van der Waals surface area contributed by atoms with Gasteiger partial charge >= 0.3 is 0 Å². The van der Waals surface area contributed by atoms with Crippen molar-refractivity contribution in [2.75, 3.05) is 5.32 Å². The van der Waals surface area contributed by atoms with Gasteiger partial charge in [-0.05, 0) is 19.1 Å². The Labute approximate surface area is 143 Å². The minimum Gasteiger partial charge on any atom is -0.358 e. The minimum atomic E-state index is 0.0107. The van der Waals surface area contributed by atoms with Crippen LogP contribution in [0.25, 0.3) is 0 Å². The third-order valence-corrected chi connectivity index (χ3v) is 4.23. The van der Waals surface area contributed by atoms with Gasteiger partial charge < -0.3 is 5.32 Å². The topological polar surface area (TPSA) is 29.1 Å². The van der Waals surface area contributed by atoms with Crippen LogP contribution in [0.15, 0.2) is 71.3 Å². The van der Waals surface area contributed by atoms with Crippen LogP contribution in [0.2, 0.25) is 0 Å². The van der Waals surface area contributed by atoms with Crippen LogP contribution in [-0.2, 0) is 0 Å². The molecule has 1 N–H and O–H groups in total. The number of carbonyl (C=O) groups is 1. The zero-order valence-corrected chi connectivity index (χ0v) is 14.9. The fourth-order valence-electron chi connectivity index (χ4n) is 2.12. The molecule has 0 bridgehead atoms. The molecule has 0 spiro atoms. The van der Waals surface area contributed by atoms with Gasteiger partial charge in [0.25, 0.3) is 0 Å². The van der Waals surface area contributed by atoms with Crippen LogP contribution >= 0.6 is 11.8 Å². The first-order valence-corrected chi connectivity index (χ1v) is 8.49. The highest BCUT2D eigenvalue weighted by Gasteiger charge is 2.14. The van der Waals surface area contributed by atoms with E-state index in [0.29, 0.717) is 5.56 Å². The van der Waals surface area contributed by atoms with Crippen molar-refractivity contribution in [1.82, 2.24) is 0 Å². The van der Waals surface area contributed by atoms with Crippen LogP contribution < -0.4 is 5.32 Å². The molecular formula is C20H23NOS. The number of rotatable bonds is 5. The van der Waals surface area contributed by atoms with E-state index in [4.69, 9.17) is 0 Å². The minimum absolute atomic E-state index is 0.0107. The summed E-state index contributed by atoms with van der Waals surface area (Å²) in [7, 11) is 0. The van der Waals surface area contributed by atoms with Gasteiger partial charge in [0.05, 0.1) is 5.69 Å². The van der Waals surface area contributed by atoms with Crippen molar-refractivity contribution >= 4 is 23.2 Å². The normalized spacial score (nSPS) is 12.1. The molecule has 0 aliphatic heterocycles. The third kappa shape index (κ3) is 5.61. The summed E-state index contributed by atoms with van der Waals surface area (Å²) < 4.78 is 0.134. The van der Waals surface area contributed by atoms with Crippen LogP contribution in [0, 0.1) is 0 Å². The molecule has 0 radical (unpaired) electrons. The lowest BCUT2D eigenvalue weighted by Gasteiger charge is -2.20. The molecule has 2 nitrogen and oxygen atoms in total. The Morgan fingerprint density at radius 1 is 1.00 bits per heavy atom. The molecule has 0 aromatic heterocycles. The van der Waals surface area contributed by atoms with Crippen molar-refractivity contribution < 1.29 is 4.79 Å². The lowest BCUT2D eigenvalue weighted by atomic mass is 10.1. The molecule has 0 saturated heterocycles. The van der Waals surface area contributed by atoms with Crippen molar-refractivity contribution in [1.29, 1.82) is 0 Å². The molecule has 0 amide bonds. The number of ketones is 1. The molecule has 120 valence electrons. The molecule has 23 heavy (non-hydrogen) atoms. The second kappa shape index (κ2) is 7.51. The summed E-state index contributed by atoms with van der Waals surface area (Å²) in [5.74, 6) is 0.0107. The van der Waals surface area contributed by atoms with E-state index in [1.807, 2.05) is 67.2 Å². The second-order valence-corrected chi connectivity index (χ2v) is 8.26. The lowest BCUT2D eigenvalue weighted by molar-refractivity contribution is 0.104. The van der Waals surface area contributed by atoms with Crippen molar-refractivity contribution in [3.8, 4) is 0 Å². The number of thioether (sulfide) groups is 1. The molecule has 3 heteroatoms. The van der Waals surface area contributed by atoms with E-state index in [9.17, 15) is 4.79 Å². The van der Waals surface area contributed by atoms with Gasteiger partial charge in [0, 0.05) is 27.0 Å². The van der Waals surface area contributed by atoms with Crippen molar-refractivity contribution in [2.24, 2.45) is 0 Å². The Kier molecular flexibility index (Phi) is 5.67. The van der Waals surface area contributed by atoms with E-state index in [-0.39, 0.29) is 10.5 Å². The van der Waals surface area contributed by atoms with Gasteiger partial charge in [-0.25, -0.2) is 0 Å². The highest BCUT2D eigenvalue weighted by Crippen LogP contribution is 2.36. The monoisotopic (exact) mass is 325 g/mol. The molecule has 0 heterocycles. The number of nitrogens with one attached hydrogen (secondary N) is 1. The molecule has 0 fully saturated rings. The van der Waals surface area contributed by atoms with Gasteiger partial charge in [0.15, 0.2) is 5.78 Å². The molecule has 0 unspecified atom stereocenters. The van der Waals surface area contributed by atoms with Gasteiger partial charge in [0.2, 0.25) is 0 Å². The average molecular weight is 325 g/mol. The van der Waals surface area contributed by atoms with E-state index < -0.39 is 0 Å². The van der Waals surface area contributed by atoms with E-state index >= 15 is 0 Å². The number of allylic oxidation sites excluding steroid dienone is 2. The number of carbonyl (C=O) groups excluding carboxylic acids is 1.